The molecule has 1 amide bonds. The first-order valence-corrected chi connectivity index (χ1v) is 9.51. The van der Waals surface area contributed by atoms with Crippen LogP contribution in [0.15, 0.2) is 42.5 Å². The molecule has 2 heterocycles. The van der Waals surface area contributed by atoms with Crippen molar-refractivity contribution >= 4 is 35.3 Å². The molecule has 8 heteroatoms. The molecule has 0 saturated heterocycles. The van der Waals surface area contributed by atoms with Crippen LogP contribution in [-0.4, -0.2) is 17.3 Å². The minimum absolute atomic E-state index is 0.220. The number of nitrogens with two attached hydrogens (primary N) is 1. The second kappa shape index (κ2) is 7.05. The fourth-order valence-electron chi connectivity index (χ4n) is 2.90. The summed E-state index contributed by atoms with van der Waals surface area (Å²) in [5.74, 6) is 1.49. The average Bonchev–Trinajstić information content (AvgIpc) is 3.24. The van der Waals surface area contributed by atoms with Crippen LogP contribution in [0.4, 0.5) is 5.82 Å². The SMILES string of the molecule is Cc1ccccc1-n1c(N)c(C(=O)NCc2ccc3c(c2)OCO3)sc1=S. The molecule has 0 radical (unpaired) electrons. The number of rotatable bonds is 4. The van der Waals surface area contributed by atoms with Gasteiger partial charge in [-0.05, 0) is 48.5 Å². The van der Waals surface area contributed by atoms with Crippen molar-refractivity contribution in [3.63, 3.8) is 0 Å². The highest BCUT2D eigenvalue weighted by Crippen LogP contribution is 2.32. The number of fused-ring (bicyclic) bond motifs is 1. The molecule has 138 valence electrons. The molecule has 3 N–H and O–H groups in total. The molecular weight excluding hydrogens is 382 g/mol. The van der Waals surface area contributed by atoms with Crippen LogP contribution in [-0.2, 0) is 6.54 Å². The number of hydrogen-bond acceptors (Lipinski definition) is 6. The van der Waals surface area contributed by atoms with Crippen LogP contribution in [0.5, 0.6) is 11.5 Å². The van der Waals surface area contributed by atoms with Crippen LogP contribution in [0.25, 0.3) is 5.69 Å². The zero-order valence-electron chi connectivity index (χ0n) is 14.5. The molecule has 1 aromatic heterocycles. The van der Waals surface area contributed by atoms with Crippen molar-refractivity contribution in [2.45, 2.75) is 13.5 Å². The molecule has 27 heavy (non-hydrogen) atoms. The molecule has 3 aromatic rings. The second-order valence-electron chi connectivity index (χ2n) is 6.07. The van der Waals surface area contributed by atoms with Gasteiger partial charge in [-0.2, -0.15) is 0 Å². The van der Waals surface area contributed by atoms with Crippen molar-refractivity contribution < 1.29 is 14.3 Å². The van der Waals surface area contributed by atoms with Crippen molar-refractivity contribution in [3.8, 4) is 17.2 Å². The highest BCUT2D eigenvalue weighted by Gasteiger charge is 2.19. The van der Waals surface area contributed by atoms with E-state index in [2.05, 4.69) is 5.32 Å². The van der Waals surface area contributed by atoms with Gasteiger partial charge in [0.05, 0.1) is 5.69 Å². The van der Waals surface area contributed by atoms with Gasteiger partial charge in [-0.3, -0.25) is 9.36 Å². The maximum Gasteiger partial charge on any atom is 0.265 e. The largest absolute Gasteiger partial charge is 0.454 e. The van der Waals surface area contributed by atoms with Gasteiger partial charge in [0.2, 0.25) is 6.79 Å². The standard InChI is InChI=1S/C19H17N3O3S2/c1-11-4-2-3-5-13(11)22-17(20)16(27-19(22)26)18(23)21-9-12-6-7-14-15(8-12)25-10-24-14/h2-8H,9-10,20H2,1H3,(H,21,23). The number of hydrogen-bond donors (Lipinski definition) is 2. The minimum Gasteiger partial charge on any atom is -0.454 e. The number of thiazole rings is 1. The van der Waals surface area contributed by atoms with E-state index in [1.807, 2.05) is 49.4 Å². The van der Waals surface area contributed by atoms with E-state index in [0.29, 0.717) is 32.7 Å². The number of aryl methyl sites for hydroxylation is 1. The monoisotopic (exact) mass is 399 g/mol. The van der Waals surface area contributed by atoms with Gasteiger partial charge in [-0.25, -0.2) is 0 Å². The molecule has 1 aliphatic heterocycles. The number of ether oxygens (including phenoxy) is 2. The van der Waals surface area contributed by atoms with E-state index in [-0.39, 0.29) is 12.7 Å². The lowest BCUT2D eigenvalue weighted by atomic mass is 10.2. The van der Waals surface area contributed by atoms with Gasteiger partial charge in [-0.15, -0.1) is 0 Å². The lowest BCUT2D eigenvalue weighted by Gasteiger charge is -2.09. The van der Waals surface area contributed by atoms with Gasteiger partial charge >= 0.3 is 0 Å². The fourth-order valence-corrected chi connectivity index (χ4v) is 4.17. The molecule has 6 nitrogen and oxygen atoms in total. The third-order valence-corrected chi connectivity index (χ3v) is 5.69. The van der Waals surface area contributed by atoms with E-state index < -0.39 is 0 Å². The van der Waals surface area contributed by atoms with E-state index in [1.165, 1.54) is 11.3 Å². The number of carbonyl (C=O) groups is 1. The van der Waals surface area contributed by atoms with Gasteiger partial charge < -0.3 is 20.5 Å². The molecule has 1 aliphatic rings. The minimum atomic E-state index is -0.256. The number of amides is 1. The summed E-state index contributed by atoms with van der Waals surface area (Å²) in [5, 5.41) is 2.89. The first-order chi connectivity index (χ1) is 13.0. The number of para-hydroxylation sites is 1. The predicted molar refractivity (Wildman–Crippen MR) is 107 cm³/mol. The summed E-state index contributed by atoms with van der Waals surface area (Å²) < 4.78 is 12.9. The van der Waals surface area contributed by atoms with Gasteiger partial charge in [0.25, 0.3) is 5.91 Å². The molecule has 4 rings (SSSR count). The van der Waals surface area contributed by atoms with Gasteiger partial charge in [0.1, 0.15) is 10.7 Å². The van der Waals surface area contributed by atoms with E-state index in [1.54, 1.807) is 4.57 Å². The number of nitrogens with zero attached hydrogens (tertiary/aromatic N) is 1. The zero-order chi connectivity index (χ0) is 19.0. The first-order valence-electron chi connectivity index (χ1n) is 8.28. The molecule has 0 fully saturated rings. The first kappa shape index (κ1) is 17.6. The summed E-state index contributed by atoms with van der Waals surface area (Å²) in [6.45, 7) is 2.55. The summed E-state index contributed by atoms with van der Waals surface area (Å²) >= 11 is 6.65. The Hall–Kier alpha value is -2.84. The summed E-state index contributed by atoms with van der Waals surface area (Å²) in [5.41, 5.74) is 9.08. The molecule has 0 bridgehead atoms. The Kier molecular flexibility index (Phi) is 4.59. The van der Waals surface area contributed by atoms with Gasteiger partial charge in [-0.1, -0.05) is 35.6 Å². The number of nitrogen functional groups attached to an aromatic ring is 1. The lowest BCUT2D eigenvalue weighted by Crippen LogP contribution is -2.23. The summed E-state index contributed by atoms with van der Waals surface area (Å²) in [6.07, 6.45) is 0. The Labute approximate surface area is 165 Å². The van der Waals surface area contributed by atoms with Crippen LogP contribution in [0.2, 0.25) is 0 Å². The zero-order valence-corrected chi connectivity index (χ0v) is 16.2. The molecule has 2 aromatic carbocycles. The third kappa shape index (κ3) is 3.29. The number of anilines is 1. The van der Waals surface area contributed by atoms with Crippen molar-refractivity contribution in [2.24, 2.45) is 0 Å². The van der Waals surface area contributed by atoms with Crippen LogP contribution < -0.4 is 20.5 Å². The summed E-state index contributed by atoms with van der Waals surface area (Å²) in [7, 11) is 0. The summed E-state index contributed by atoms with van der Waals surface area (Å²) in [4.78, 5) is 13.1. The Morgan fingerprint density at radius 1 is 1.26 bits per heavy atom. The molecule has 0 unspecified atom stereocenters. The van der Waals surface area contributed by atoms with E-state index >= 15 is 0 Å². The quantitative estimate of drug-likeness (QED) is 0.652. The third-order valence-electron chi connectivity index (χ3n) is 4.30. The Morgan fingerprint density at radius 3 is 2.85 bits per heavy atom. The molecule has 0 spiro atoms. The van der Waals surface area contributed by atoms with Gasteiger partial charge in [0, 0.05) is 6.54 Å². The lowest BCUT2D eigenvalue weighted by molar-refractivity contribution is 0.0955. The van der Waals surface area contributed by atoms with Crippen molar-refractivity contribution in [3.05, 3.63) is 62.4 Å². The van der Waals surface area contributed by atoms with Crippen LogP contribution >= 0.6 is 23.6 Å². The van der Waals surface area contributed by atoms with Crippen molar-refractivity contribution in [2.75, 3.05) is 12.5 Å². The Morgan fingerprint density at radius 2 is 2.04 bits per heavy atom. The highest BCUT2D eigenvalue weighted by atomic mass is 32.1. The average molecular weight is 399 g/mol. The number of nitrogens with one attached hydrogen (secondary N) is 1. The molecule has 0 aliphatic carbocycles. The molecule has 0 saturated carbocycles. The smallest absolute Gasteiger partial charge is 0.265 e. The van der Waals surface area contributed by atoms with E-state index in [0.717, 1.165) is 16.8 Å². The molecular formula is C19H17N3O3S2. The second-order valence-corrected chi connectivity index (χ2v) is 7.72. The predicted octanol–water partition coefficient (Wildman–Crippen LogP) is 3.82. The molecule has 0 atom stereocenters. The van der Waals surface area contributed by atoms with E-state index in [9.17, 15) is 4.79 Å². The fraction of sp³-hybridized carbons (Fsp3) is 0.158. The number of aromatic nitrogens is 1. The summed E-state index contributed by atoms with van der Waals surface area (Å²) in [6, 6.07) is 13.3. The normalized spacial score (nSPS) is 12.2. The Bertz CT molecular complexity index is 1090. The van der Waals surface area contributed by atoms with Crippen molar-refractivity contribution in [1.82, 2.24) is 9.88 Å². The number of benzene rings is 2. The maximum absolute atomic E-state index is 12.7. The van der Waals surface area contributed by atoms with E-state index in [4.69, 9.17) is 27.4 Å². The highest BCUT2D eigenvalue weighted by molar-refractivity contribution is 7.73. The van der Waals surface area contributed by atoms with Crippen molar-refractivity contribution in [1.29, 1.82) is 0 Å². The Balaban J connectivity index is 1.55. The van der Waals surface area contributed by atoms with Gasteiger partial charge in [0.15, 0.2) is 15.5 Å². The topological polar surface area (TPSA) is 78.5 Å². The van der Waals surface area contributed by atoms with Crippen LogP contribution in [0.3, 0.4) is 0 Å². The number of carbonyl (C=O) groups excluding carboxylic acids is 1. The van der Waals surface area contributed by atoms with Crippen LogP contribution in [0.1, 0.15) is 20.8 Å². The maximum atomic E-state index is 12.7. The van der Waals surface area contributed by atoms with Crippen LogP contribution in [0, 0.1) is 10.9 Å².